The van der Waals surface area contributed by atoms with Crippen molar-refractivity contribution >= 4 is 22.8 Å². The van der Waals surface area contributed by atoms with Gasteiger partial charge in [0.25, 0.3) is 0 Å². The van der Waals surface area contributed by atoms with Crippen LogP contribution in [0, 0.1) is 0 Å². The molecule has 6 aromatic rings. The maximum Gasteiger partial charge on any atom is 0.188 e. The Morgan fingerprint density at radius 3 is 2.55 bits per heavy atom. The molecule has 0 bridgehead atoms. The number of nitrogens with zero attached hydrogens (tertiary/aromatic N) is 6. The lowest BCUT2D eigenvalue weighted by atomic mass is 9.97. The highest BCUT2D eigenvalue weighted by Crippen LogP contribution is 2.35. The van der Waals surface area contributed by atoms with Crippen LogP contribution in [-0.4, -0.2) is 41.0 Å². The van der Waals surface area contributed by atoms with E-state index in [-0.39, 0.29) is 0 Å². The van der Waals surface area contributed by atoms with Crippen molar-refractivity contribution in [1.82, 2.24) is 29.5 Å². The zero-order valence-corrected chi connectivity index (χ0v) is 17.3. The van der Waals surface area contributed by atoms with Crippen molar-refractivity contribution < 1.29 is 5.21 Å². The average molecular weight is 431 g/mol. The fourth-order valence-electron chi connectivity index (χ4n) is 4.00. The molecule has 0 aliphatic carbocycles. The molecule has 8 heteroatoms. The van der Waals surface area contributed by atoms with Crippen LogP contribution in [0.5, 0.6) is 0 Å². The number of H-pyrrole nitrogens is 1. The van der Waals surface area contributed by atoms with Gasteiger partial charge in [-0.1, -0.05) is 59.8 Å². The molecule has 0 atom stereocenters. The summed E-state index contributed by atoms with van der Waals surface area (Å²) >= 11 is 0. The monoisotopic (exact) mass is 431 g/mol. The number of benzene rings is 2. The molecule has 0 saturated heterocycles. The lowest BCUT2D eigenvalue weighted by Crippen LogP contribution is -1.95. The summed E-state index contributed by atoms with van der Waals surface area (Å²) in [5.41, 5.74) is 6.93. The Bertz CT molecular complexity index is 1600. The van der Waals surface area contributed by atoms with E-state index >= 15 is 0 Å². The van der Waals surface area contributed by atoms with E-state index in [0.717, 1.165) is 50.2 Å². The van der Waals surface area contributed by atoms with Crippen LogP contribution in [0.3, 0.4) is 0 Å². The Morgan fingerprint density at radius 1 is 0.939 bits per heavy atom. The third-order valence-electron chi connectivity index (χ3n) is 5.57. The SMILES string of the molecule is O/N=C/c1ccc(-c2nc3ccn4c(-c5c[nH]cn5)nnc4c3cc2-c2ccccc2)cc1. The van der Waals surface area contributed by atoms with Crippen LogP contribution in [0.2, 0.25) is 0 Å². The van der Waals surface area contributed by atoms with Gasteiger partial charge >= 0.3 is 0 Å². The first kappa shape index (κ1) is 18.9. The van der Waals surface area contributed by atoms with Crippen LogP contribution in [0.4, 0.5) is 0 Å². The molecule has 0 fully saturated rings. The molecule has 158 valence electrons. The first-order valence-electron chi connectivity index (χ1n) is 10.3. The fourth-order valence-corrected chi connectivity index (χ4v) is 4.00. The second-order valence-electron chi connectivity index (χ2n) is 7.54. The van der Waals surface area contributed by atoms with E-state index in [4.69, 9.17) is 10.2 Å². The van der Waals surface area contributed by atoms with Crippen molar-refractivity contribution in [3.05, 3.63) is 91.0 Å². The number of aromatic nitrogens is 6. The molecule has 0 aliphatic heterocycles. The molecular weight excluding hydrogens is 414 g/mol. The first-order valence-corrected chi connectivity index (χ1v) is 10.3. The van der Waals surface area contributed by atoms with E-state index in [2.05, 4.69) is 43.5 Å². The van der Waals surface area contributed by atoms with Gasteiger partial charge in [0.1, 0.15) is 5.69 Å². The quantitative estimate of drug-likeness (QED) is 0.237. The van der Waals surface area contributed by atoms with Gasteiger partial charge in [0.05, 0.1) is 23.8 Å². The second kappa shape index (κ2) is 7.69. The molecule has 8 nitrogen and oxygen atoms in total. The Morgan fingerprint density at radius 2 is 1.79 bits per heavy atom. The summed E-state index contributed by atoms with van der Waals surface area (Å²) in [7, 11) is 0. The molecule has 0 unspecified atom stereocenters. The van der Waals surface area contributed by atoms with Crippen LogP contribution in [0.25, 0.3) is 50.5 Å². The highest BCUT2D eigenvalue weighted by molar-refractivity contribution is 5.98. The summed E-state index contributed by atoms with van der Waals surface area (Å²) in [6.07, 6.45) is 6.73. The molecule has 0 amide bonds. The number of oxime groups is 1. The van der Waals surface area contributed by atoms with Crippen LogP contribution < -0.4 is 0 Å². The van der Waals surface area contributed by atoms with Crippen LogP contribution in [0.15, 0.2) is 90.6 Å². The molecule has 4 aromatic heterocycles. The van der Waals surface area contributed by atoms with Gasteiger partial charge in [-0.25, -0.2) is 9.97 Å². The van der Waals surface area contributed by atoms with Gasteiger partial charge in [-0.2, -0.15) is 0 Å². The Hall–Kier alpha value is -4.85. The number of fused-ring (bicyclic) bond motifs is 3. The van der Waals surface area contributed by atoms with Crippen LogP contribution >= 0.6 is 0 Å². The standard InChI is InChI=1S/C25H17N7O/c33-28-13-16-6-8-18(9-7-16)23-19(17-4-2-1-3-5-17)12-20-21(29-23)10-11-32-24(20)30-31-25(32)22-14-26-15-27-22/h1-15,33H,(H,26,27)/b28-13+. The van der Waals surface area contributed by atoms with Gasteiger partial charge in [-0.15, -0.1) is 10.2 Å². The normalized spacial score (nSPS) is 11.6. The molecule has 0 spiro atoms. The number of imidazole rings is 1. The van der Waals surface area contributed by atoms with E-state index < -0.39 is 0 Å². The summed E-state index contributed by atoms with van der Waals surface area (Å²) in [5, 5.41) is 21.6. The number of pyridine rings is 2. The summed E-state index contributed by atoms with van der Waals surface area (Å²) < 4.78 is 1.93. The second-order valence-corrected chi connectivity index (χ2v) is 7.54. The van der Waals surface area contributed by atoms with Crippen molar-refractivity contribution in [2.45, 2.75) is 0 Å². The average Bonchev–Trinajstić information content (AvgIpc) is 3.54. The summed E-state index contributed by atoms with van der Waals surface area (Å²) in [4.78, 5) is 12.3. The topological polar surface area (TPSA) is 104 Å². The molecule has 2 aromatic carbocycles. The molecule has 2 N–H and O–H groups in total. The van der Waals surface area contributed by atoms with Crippen LogP contribution in [-0.2, 0) is 0 Å². The molecule has 6 rings (SSSR count). The Kier molecular flexibility index (Phi) is 4.40. The van der Waals surface area contributed by atoms with Crippen molar-refractivity contribution in [1.29, 1.82) is 0 Å². The number of rotatable bonds is 4. The maximum absolute atomic E-state index is 8.80. The summed E-state index contributed by atoms with van der Waals surface area (Å²) in [5.74, 6) is 0.666. The minimum atomic E-state index is 0.666. The summed E-state index contributed by atoms with van der Waals surface area (Å²) in [6.45, 7) is 0. The zero-order chi connectivity index (χ0) is 22.2. The highest BCUT2D eigenvalue weighted by Gasteiger charge is 2.16. The number of nitrogens with one attached hydrogen (secondary N) is 1. The fraction of sp³-hybridized carbons (Fsp3) is 0. The van der Waals surface area contributed by atoms with Crippen molar-refractivity contribution in [3.63, 3.8) is 0 Å². The van der Waals surface area contributed by atoms with E-state index in [1.165, 1.54) is 6.21 Å². The largest absolute Gasteiger partial charge is 0.411 e. The van der Waals surface area contributed by atoms with Crippen LogP contribution in [0.1, 0.15) is 5.56 Å². The summed E-state index contributed by atoms with van der Waals surface area (Å²) in [6, 6.07) is 22.0. The van der Waals surface area contributed by atoms with E-state index in [9.17, 15) is 0 Å². The molecule has 0 aliphatic rings. The molecule has 0 radical (unpaired) electrons. The van der Waals surface area contributed by atoms with Gasteiger partial charge in [0, 0.05) is 28.9 Å². The number of hydrogen-bond acceptors (Lipinski definition) is 6. The van der Waals surface area contributed by atoms with Crippen molar-refractivity contribution in [2.24, 2.45) is 5.16 Å². The van der Waals surface area contributed by atoms with E-state index in [1.54, 1.807) is 12.5 Å². The van der Waals surface area contributed by atoms with E-state index in [0.29, 0.717) is 5.82 Å². The highest BCUT2D eigenvalue weighted by atomic mass is 16.4. The third-order valence-corrected chi connectivity index (χ3v) is 5.57. The number of hydrogen-bond donors (Lipinski definition) is 2. The Balaban J connectivity index is 1.61. The lowest BCUT2D eigenvalue weighted by molar-refractivity contribution is 0.322. The van der Waals surface area contributed by atoms with Gasteiger partial charge in [-0.3, -0.25) is 4.40 Å². The molecule has 0 saturated carbocycles. The Labute approximate surface area is 187 Å². The van der Waals surface area contributed by atoms with E-state index in [1.807, 2.05) is 59.1 Å². The van der Waals surface area contributed by atoms with Gasteiger partial charge < -0.3 is 10.2 Å². The molecule has 33 heavy (non-hydrogen) atoms. The molecule has 4 heterocycles. The number of aromatic amines is 1. The zero-order valence-electron chi connectivity index (χ0n) is 17.3. The predicted octanol–water partition coefficient (Wildman–Crippen LogP) is 4.81. The maximum atomic E-state index is 8.80. The minimum Gasteiger partial charge on any atom is -0.411 e. The minimum absolute atomic E-state index is 0.666. The molecular formula is C25H17N7O. The lowest BCUT2D eigenvalue weighted by Gasteiger charge is -2.12. The third kappa shape index (κ3) is 3.21. The first-order chi connectivity index (χ1) is 16.3. The van der Waals surface area contributed by atoms with Gasteiger partial charge in [-0.05, 0) is 23.3 Å². The predicted molar refractivity (Wildman–Crippen MR) is 126 cm³/mol. The van der Waals surface area contributed by atoms with Gasteiger partial charge in [0.2, 0.25) is 0 Å². The van der Waals surface area contributed by atoms with Crippen molar-refractivity contribution in [2.75, 3.05) is 0 Å². The van der Waals surface area contributed by atoms with Crippen molar-refractivity contribution in [3.8, 4) is 33.9 Å². The van der Waals surface area contributed by atoms with Gasteiger partial charge in [0.15, 0.2) is 11.5 Å². The smallest absolute Gasteiger partial charge is 0.188 e.